The molecule has 6 rings (SSSR count). The summed E-state index contributed by atoms with van der Waals surface area (Å²) in [5.74, 6) is -0.790. The molecule has 38 heavy (non-hydrogen) atoms. The lowest BCUT2D eigenvalue weighted by atomic mass is 9.97. The number of thiazole rings is 1. The molecule has 0 radical (unpaired) electrons. The summed E-state index contributed by atoms with van der Waals surface area (Å²) in [7, 11) is 1.69. The molecule has 1 atom stereocenters. The molecule has 2 aliphatic heterocycles. The van der Waals surface area contributed by atoms with Crippen LogP contribution >= 0.6 is 38.6 Å². The molecule has 0 aliphatic carbocycles. The van der Waals surface area contributed by atoms with Gasteiger partial charge in [-0.15, -0.1) is 11.3 Å². The Morgan fingerprint density at radius 3 is 2.61 bits per heavy atom. The Labute approximate surface area is 233 Å². The van der Waals surface area contributed by atoms with Crippen molar-refractivity contribution in [2.45, 2.75) is 13.0 Å². The number of nitrogens with zero attached hydrogens (tertiary/aromatic N) is 3. The topological polar surface area (TPSA) is 81.0 Å². The number of ether oxygens (including phenoxy) is 1. The van der Waals surface area contributed by atoms with Gasteiger partial charge < -0.3 is 9.64 Å². The molecular weight excluding hydrogens is 586 g/mol. The second-order valence-electron chi connectivity index (χ2n) is 8.67. The van der Waals surface area contributed by atoms with Crippen LogP contribution in [-0.2, 0) is 14.3 Å². The monoisotopic (exact) mass is 605 g/mol. The molecule has 0 saturated carbocycles. The summed E-state index contributed by atoms with van der Waals surface area (Å²) >= 11 is 6.10. The molecular formula is C28H20BrN3O4S2. The second kappa shape index (κ2) is 9.61. The summed E-state index contributed by atoms with van der Waals surface area (Å²) in [6, 6.07) is 18.0. The van der Waals surface area contributed by atoms with Gasteiger partial charge in [-0.3, -0.25) is 14.2 Å². The van der Waals surface area contributed by atoms with Crippen LogP contribution in [0.25, 0.3) is 11.3 Å². The highest BCUT2D eigenvalue weighted by Crippen LogP contribution is 2.38. The Morgan fingerprint density at radius 1 is 1.11 bits per heavy atom. The molecule has 0 saturated heterocycles. The van der Waals surface area contributed by atoms with Gasteiger partial charge in [0.2, 0.25) is 0 Å². The third kappa shape index (κ3) is 3.82. The number of aromatic nitrogens is 1. The van der Waals surface area contributed by atoms with Crippen LogP contribution in [0.4, 0.5) is 5.69 Å². The number of halogens is 1. The highest BCUT2D eigenvalue weighted by atomic mass is 79.9. The Hall–Kier alpha value is -3.60. The SMILES string of the molecule is CCOC(=O)C1=C(c2ccccc2)N=c2s/c(=C3\C(=O)N(C)c4ccc(Br)cc43)c(=O)n2[C@H]1c1cccs1. The molecule has 0 bridgehead atoms. The molecule has 2 aromatic carbocycles. The third-order valence-corrected chi connectivity index (χ3v) is 8.97. The van der Waals surface area contributed by atoms with E-state index in [4.69, 9.17) is 9.73 Å². The van der Waals surface area contributed by atoms with Crippen LogP contribution in [0.5, 0.6) is 0 Å². The number of hydrogen-bond donors (Lipinski definition) is 0. The molecule has 7 nitrogen and oxygen atoms in total. The van der Waals surface area contributed by atoms with Gasteiger partial charge in [0.1, 0.15) is 10.6 Å². The zero-order valence-corrected chi connectivity index (χ0v) is 23.5. The van der Waals surface area contributed by atoms with E-state index in [1.165, 1.54) is 15.9 Å². The van der Waals surface area contributed by atoms with E-state index in [1.807, 2.05) is 66.0 Å². The summed E-state index contributed by atoms with van der Waals surface area (Å²) in [4.78, 5) is 48.6. The van der Waals surface area contributed by atoms with Gasteiger partial charge in [-0.2, -0.15) is 0 Å². The second-order valence-corrected chi connectivity index (χ2v) is 11.5. The van der Waals surface area contributed by atoms with E-state index in [0.29, 0.717) is 27.2 Å². The minimum absolute atomic E-state index is 0.183. The fraction of sp³-hybridized carbons (Fsp3) is 0.143. The lowest BCUT2D eigenvalue weighted by molar-refractivity contribution is -0.138. The predicted molar refractivity (Wildman–Crippen MR) is 152 cm³/mol. The van der Waals surface area contributed by atoms with Crippen LogP contribution in [0.2, 0.25) is 0 Å². The van der Waals surface area contributed by atoms with Crippen molar-refractivity contribution in [1.82, 2.24) is 4.57 Å². The van der Waals surface area contributed by atoms with E-state index in [1.54, 1.807) is 18.9 Å². The van der Waals surface area contributed by atoms with E-state index < -0.39 is 12.0 Å². The van der Waals surface area contributed by atoms with Crippen LogP contribution in [0.3, 0.4) is 0 Å². The van der Waals surface area contributed by atoms with Gasteiger partial charge in [0.25, 0.3) is 11.5 Å². The number of thiophene rings is 1. The number of esters is 1. The van der Waals surface area contributed by atoms with E-state index in [9.17, 15) is 14.4 Å². The third-order valence-electron chi connectivity index (χ3n) is 6.50. The highest BCUT2D eigenvalue weighted by molar-refractivity contribution is 9.10. The van der Waals surface area contributed by atoms with Crippen molar-refractivity contribution in [3.8, 4) is 0 Å². The normalized spacial score (nSPS) is 17.8. The Bertz CT molecular complexity index is 1820. The van der Waals surface area contributed by atoms with Crippen molar-refractivity contribution >= 4 is 67.4 Å². The van der Waals surface area contributed by atoms with E-state index in [-0.39, 0.29) is 22.6 Å². The van der Waals surface area contributed by atoms with Crippen LogP contribution in [0, 0.1) is 0 Å². The summed E-state index contributed by atoms with van der Waals surface area (Å²) in [5, 5.41) is 1.90. The maximum Gasteiger partial charge on any atom is 0.338 e. The molecule has 1 amide bonds. The fourth-order valence-corrected chi connectivity index (χ4v) is 7.10. The molecule has 2 aromatic heterocycles. The summed E-state index contributed by atoms with van der Waals surface area (Å²) in [6.07, 6.45) is 0. The minimum atomic E-state index is -0.744. The highest BCUT2D eigenvalue weighted by Gasteiger charge is 2.38. The lowest BCUT2D eigenvalue weighted by Crippen LogP contribution is -2.40. The van der Waals surface area contributed by atoms with Gasteiger partial charge in [-0.1, -0.05) is 63.7 Å². The number of likely N-dealkylation sites (N-methyl/N-ethyl adjacent to an activating group) is 1. The van der Waals surface area contributed by atoms with E-state index in [2.05, 4.69) is 15.9 Å². The number of benzene rings is 2. The average molecular weight is 607 g/mol. The van der Waals surface area contributed by atoms with Crippen molar-refractivity contribution in [2.24, 2.45) is 4.99 Å². The number of anilines is 1. The van der Waals surface area contributed by atoms with E-state index >= 15 is 0 Å². The van der Waals surface area contributed by atoms with Crippen LogP contribution < -0.4 is 19.8 Å². The zero-order chi connectivity index (χ0) is 26.6. The van der Waals surface area contributed by atoms with Crippen molar-refractivity contribution in [3.05, 3.63) is 112 Å². The first-order valence-electron chi connectivity index (χ1n) is 11.8. The number of hydrogen-bond acceptors (Lipinski definition) is 7. The van der Waals surface area contributed by atoms with Crippen molar-refractivity contribution in [2.75, 3.05) is 18.6 Å². The molecule has 0 fully saturated rings. The van der Waals surface area contributed by atoms with Crippen LogP contribution in [0.15, 0.2) is 85.9 Å². The zero-order valence-electron chi connectivity index (χ0n) is 20.3. The van der Waals surface area contributed by atoms with Crippen LogP contribution in [0.1, 0.15) is 29.0 Å². The Morgan fingerprint density at radius 2 is 1.89 bits per heavy atom. The number of fused-ring (bicyclic) bond motifs is 2. The minimum Gasteiger partial charge on any atom is -0.463 e. The van der Waals surface area contributed by atoms with Gasteiger partial charge in [-0.05, 0) is 36.6 Å². The fourth-order valence-electron chi connectivity index (χ4n) is 4.82. The molecule has 2 aliphatic rings. The molecule has 0 unspecified atom stereocenters. The van der Waals surface area contributed by atoms with Gasteiger partial charge >= 0.3 is 5.97 Å². The first kappa shape index (κ1) is 24.7. The van der Waals surface area contributed by atoms with Crippen molar-refractivity contribution in [3.63, 3.8) is 0 Å². The standard InChI is InChI=1S/C28H20BrN3O4S2/c1-3-36-27(35)21-22(15-8-5-4-6-9-15)30-28-32(23(21)19-10-7-13-37-19)26(34)24(38-28)20-17-14-16(29)11-12-18(17)31(2)25(20)33/h4-14,23H,3H2,1-2H3/b24-20-/t23-/m0/s1. The summed E-state index contributed by atoms with van der Waals surface area (Å²) in [5.41, 5.74) is 2.86. The molecule has 4 aromatic rings. The summed E-state index contributed by atoms with van der Waals surface area (Å²) in [6.45, 7) is 1.93. The number of rotatable bonds is 4. The first-order valence-corrected chi connectivity index (χ1v) is 14.3. The molecule has 190 valence electrons. The predicted octanol–water partition coefficient (Wildman–Crippen LogP) is 4.11. The molecule has 4 heterocycles. The maximum absolute atomic E-state index is 14.2. The molecule has 0 N–H and O–H groups in total. The summed E-state index contributed by atoms with van der Waals surface area (Å²) < 4.78 is 8.10. The largest absolute Gasteiger partial charge is 0.463 e. The van der Waals surface area contributed by atoms with Crippen molar-refractivity contribution in [1.29, 1.82) is 0 Å². The van der Waals surface area contributed by atoms with Gasteiger partial charge in [0, 0.05) is 27.5 Å². The first-order chi connectivity index (χ1) is 18.4. The maximum atomic E-state index is 14.2. The van der Waals surface area contributed by atoms with Gasteiger partial charge in [0.05, 0.1) is 29.1 Å². The molecule has 10 heteroatoms. The number of carbonyl (C=O) groups is 2. The number of carbonyl (C=O) groups excluding carboxylic acids is 2. The lowest BCUT2D eigenvalue weighted by Gasteiger charge is -2.24. The quantitative estimate of drug-likeness (QED) is 0.328. The Kier molecular flexibility index (Phi) is 6.25. The number of amides is 1. The van der Waals surface area contributed by atoms with Crippen molar-refractivity contribution < 1.29 is 14.3 Å². The van der Waals surface area contributed by atoms with E-state index in [0.717, 1.165) is 31.9 Å². The smallest absolute Gasteiger partial charge is 0.338 e. The average Bonchev–Trinajstić information content (AvgIpc) is 3.62. The van der Waals surface area contributed by atoms with Crippen LogP contribution in [-0.4, -0.2) is 30.1 Å². The van der Waals surface area contributed by atoms with Gasteiger partial charge in [0.15, 0.2) is 4.80 Å². The van der Waals surface area contributed by atoms with Gasteiger partial charge in [-0.25, -0.2) is 9.79 Å². The Balaban J connectivity index is 1.72. The molecule has 0 spiro atoms.